The van der Waals surface area contributed by atoms with Gasteiger partial charge < -0.3 is 14.7 Å². The molecule has 1 N–H and O–H groups in total. The lowest BCUT2D eigenvalue weighted by Crippen LogP contribution is -2.42. The van der Waals surface area contributed by atoms with E-state index in [9.17, 15) is 9.59 Å². The first-order valence-corrected chi connectivity index (χ1v) is 8.66. The highest BCUT2D eigenvalue weighted by molar-refractivity contribution is 6.31. The van der Waals surface area contributed by atoms with Crippen LogP contribution in [0.1, 0.15) is 24.2 Å². The SMILES string of the molecule is Cc1cc(NC(=O)C2CCN(C(=O)Cc3ccccc3Cl)CC2)no1. The third-order valence-corrected chi connectivity index (χ3v) is 4.77. The first kappa shape index (κ1) is 17.5. The third kappa shape index (κ3) is 4.39. The highest BCUT2D eigenvalue weighted by Crippen LogP contribution is 2.22. The molecule has 0 spiro atoms. The van der Waals surface area contributed by atoms with E-state index >= 15 is 0 Å². The van der Waals surface area contributed by atoms with Gasteiger partial charge in [-0.05, 0) is 31.4 Å². The molecule has 0 bridgehead atoms. The maximum atomic E-state index is 12.4. The molecule has 0 aliphatic carbocycles. The Labute approximate surface area is 151 Å². The lowest BCUT2D eigenvalue weighted by atomic mass is 9.95. The molecule has 0 atom stereocenters. The molecular formula is C18H20ClN3O3. The van der Waals surface area contributed by atoms with Crippen molar-refractivity contribution in [1.82, 2.24) is 10.1 Å². The molecule has 6 nitrogen and oxygen atoms in total. The number of benzene rings is 1. The molecule has 1 aromatic heterocycles. The van der Waals surface area contributed by atoms with Gasteiger partial charge in [-0.25, -0.2) is 0 Å². The van der Waals surface area contributed by atoms with Crippen molar-refractivity contribution in [3.63, 3.8) is 0 Å². The standard InChI is InChI=1S/C18H20ClN3O3/c1-12-10-16(21-25-12)20-18(24)13-6-8-22(9-7-13)17(23)11-14-4-2-3-5-15(14)19/h2-5,10,13H,6-9,11H2,1H3,(H,20,21,24). The van der Waals surface area contributed by atoms with Crippen LogP contribution >= 0.6 is 11.6 Å². The number of anilines is 1. The Morgan fingerprint density at radius 3 is 2.68 bits per heavy atom. The van der Waals surface area contributed by atoms with Crippen molar-refractivity contribution in [2.75, 3.05) is 18.4 Å². The van der Waals surface area contributed by atoms with E-state index in [1.54, 1.807) is 24.0 Å². The second kappa shape index (κ2) is 7.70. The number of hydrogen-bond donors (Lipinski definition) is 1. The van der Waals surface area contributed by atoms with Crippen molar-refractivity contribution in [1.29, 1.82) is 0 Å². The van der Waals surface area contributed by atoms with Gasteiger partial charge in [0.2, 0.25) is 11.8 Å². The van der Waals surface area contributed by atoms with Crippen LogP contribution in [0.2, 0.25) is 5.02 Å². The Kier molecular flexibility index (Phi) is 5.38. The Hall–Kier alpha value is -2.34. The fraction of sp³-hybridized carbons (Fsp3) is 0.389. The van der Waals surface area contributed by atoms with Crippen LogP contribution in [-0.4, -0.2) is 35.0 Å². The van der Waals surface area contributed by atoms with E-state index in [1.165, 1.54) is 0 Å². The van der Waals surface area contributed by atoms with Crippen LogP contribution in [0.25, 0.3) is 0 Å². The van der Waals surface area contributed by atoms with Gasteiger partial charge in [-0.1, -0.05) is 35.0 Å². The molecule has 0 saturated carbocycles. The topological polar surface area (TPSA) is 75.4 Å². The van der Waals surface area contributed by atoms with Crippen LogP contribution in [0.5, 0.6) is 0 Å². The molecule has 1 aliphatic rings. The van der Waals surface area contributed by atoms with Gasteiger partial charge >= 0.3 is 0 Å². The van der Waals surface area contributed by atoms with Crippen LogP contribution < -0.4 is 5.32 Å². The fourth-order valence-corrected chi connectivity index (χ4v) is 3.16. The molecule has 2 amide bonds. The Morgan fingerprint density at radius 1 is 1.32 bits per heavy atom. The van der Waals surface area contributed by atoms with Crippen molar-refractivity contribution in [3.05, 3.63) is 46.7 Å². The second-order valence-corrected chi connectivity index (χ2v) is 6.64. The first-order valence-electron chi connectivity index (χ1n) is 8.28. The first-order chi connectivity index (χ1) is 12.0. The summed E-state index contributed by atoms with van der Waals surface area (Å²) < 4.78 is 4.94. The van der Waals surface area contributed by atoms with Crippen molar-refractivity contribution >= 4 is 29.2 Å². The number of aryl methyl sites for hydroxylation is 1. The lowest BCUT2D eigenvalue weighted by Gasteiger charge is -2.31. The molecular weight excluding hydrogens is 342 g/mol. The Bertz CT molecular complexity index is 766. The summed E-state index contributed by atoms with van der Waals surface area (Å²) in [6.07, 6.45) is 1.56. The summed E-state index contributed by atoms with van der Waals surface area (Å²) in [5, 5.41) is 7.13. The zero-order chi connectivity index (χ0) is 17.8. The molecule has 0 radical (unpaired) electrons. The van der Waals surface area contributed by atoms with Gasteiger partial charge in [-0.15, -0.1) is 0 Å². The maximum Gasteiger partial charge on any atom is 0.228 e. The third-order valence-electron chi connectivity index (χ3n) is 4.40. The molecule has 1 aliphatic heterocycles. The molecule has 25 heavy (non-hydrogen) atoms. The second-order valence-electron chi connectivity index (χ2n) is 6.24. The number of piperidine rings is 1. The van der Waals surface area contributed by atoms with Crippen molar-refractivity contribution in [2.24, 2.45) is 5.92 Å². The van der Waals surface area contributed by atoms with Crippen LogP contribution in [0, 0.1) is 12.8 Å². The van der Waals surface area contributed by atoms with Gasteiger partial charge in [0.15, 0.2) is 5.82 Å². The van der Waals surface area contributed by atoms with Crippen LogP contribution in [-0.2, 0) is 16.0 Å². The summed E-state index contributed by atoms with van der Waals surface area (Å²) in [5.41, 5.74) is 0.829. The normalized spacial score (nSPS) is 15.2. The predicted molar refractivity (Wildman–Crippen MR) is 94.3 cm³/mol. The number of amides is 2. The summed E-state index contributed by atoms with van der Waals surface area (Å²) in [7, 11) is 0. The minimum Gasteiger partial charge on any atom is -0.360 e. The fourth-order valence-electron chi connectivity index (χ4n) is 2.96. The van der Waals surface area contributed by atoms with Crippen LogP contribution in [0.3, 0.4) is 0 Å². The Balaban J connectivity index is 1.50. The smallest absolute Gasteiger partial charge is 0.228 e. The summed E-state index contributed by atoms with van der Waals surface area (Å²) in [5.74, 6) is 0.918. The molecule has 132 valence electrons. The molecule has 2 heterocycles. The van der Waals surface area contributed by atoms with Gasteiger partial charge in [0.25, 0.3) is 0 Å². The molecule has 1 aromatic carbocycles. The average Bonchev–Trinajstić information content (AvgIpc) is 3.02. The summed E-state index contributed by atoms with van der Waals surface area (Å²) in [4.78, 5) is 26.5. The number of carbonyl (C=O) groups excluding carboxylic acids is 2. The largest absolute Gasteiger partial charge is 0.360 e. The summed E-state index contributed by atoms with van der Waals surface area (Å²) >= 11 is 6.11. The van der Waals surface area contributed by atoms with Crippen molar-refractivity contribution in [2.45, 2.75) is 26.2 Å². The highest BCUT2D eigenvalue weighted by atomic mass is 35.5. The molecule has 1 saturated heterocycles. The number of nitrogens with one attached hydrogen (secondary N) is 1. The molecule has 7 heteroatoms. The minimum atomic E-state index is -0.124. The number of rotatable bonds is 4. The number of carbonyl (C=O) groups is 2. The number of aromatic nitrogens is 1. The maximum absolute atomic E-state index is 12.4. The van der Waals surface area contributed by atoms with Gasteiger partial charge in [0, 0.05) is 30.1 Å². The van der Waals surface area contributed by atoms with Gasteiger partial charge in [0.1, 0.15) is 5.76 Å². The summed E-state index contributed by atoms with van der Waals surface area (Å²) in [6.45, 7) is 2.91. The van der Waals surface area contributed by atoms with Crippen LogP contribution in [0.15, 0.2) is 34.9 Å². The van der Waals surface area contributed by atoms with E-state index in [-0.39, 0.29) is 24.2 Å². The molecule has 1 fully saturated rings. The van der Waals surface area contributed by atoms with Gasteiger partial charge in [-0.2, -0.15) is 0 Å². The van der Waals surface area contributed by atoms with E-state index in [4.69, 9.17) is 16.1 Å². The van der Waals surface area contributed by atoms with Crippen molar-refractivity contribution < 1.29 is 14.1 Å². The number of hydrogen-bond acceptors (Lipinski definition) is 4. The van der Waals surface area contributed by atoms with E-state index in [0.29, 0.717) is 42.5 Å². The number of nitrogens with zero attached hydrogens (tertiary/aromatic N) is 2. The monoisotopic (exact) mass is 361 g/mol. The van der Waals surface area contributed by atoms with Crippen LogP contribution in [0.4, 0.5) is 5.82 Å². The number of likely N-dealkylation sites (tertiary alicyclic amines) is 1. The lowest BCUT2D eigenvalue weighted by molar-refractivity contribution is -0.133. The Morgan fingerprint density at radius 2 is 2.04 bits per heavy atom. The number of halogens is 1. The predicted octanol–water partition coefficient (Wildman–Crippen LogP) is 3.06. The molecule has 2 aromatic rings. The zero-order valence-corrected chi connectivity index (χ0v) is 14.8. The average molecular weight is 362 g/mol. The molecule has 0 unspecified atom stereocenters. The minimum absolute atomic E-state index is 0.0408. The van der Waals surface area contributed by atoms with Gasteiger partial charge in [-0.3, -0.25) is 9.59 Å². The quantitative estimate of drug-likeness (QED) is 0.908. The molecule has 3 rings (SSSR count). The highest BCUT2D eigenvalue weighted by Gasteiger charge is 2.28. The van der Waals surface area contributed by atoms with Crippen molar-refractivity contribution in [3.8, 4) is 0 Å². The van der Waals surface area contributed by atoms with Gasteiger partial charge in [0.05, 0.1) is 6.42 Å². The zero-order valence-electron chi connectivity index (χ0n) is 14.0. The van der Waals surface area contributed by atoms with E-state index in [1.807, 2.05) is 18.2 Å². The van der Waals surface area contributed by atoms with E-state index in [2.05, 4.69) is 10.5 Å². The summed E-state index contributed by atoms with van der Waals surface area (Å²) in [6, 6.07) is 9.04. The van der Waals surface area contributed by atoms with E-state index in [0.717, 1.165) is 5.56 Å². The van der Waals surface area contributed by atoms with E-state index < -0.39 is 0 Å².